The van der Waals surface area contributed by atoms with E-state index in [4.69, 9.17) is 0 Å². The van der Waals surface area contributed by atoms with Crippen LogP contribution in [-0.2, 0) is 21.7 Å². The topological polar surface area (TPSA) is 17.0 Å². The van der Waals surface area contributed by atoms with E-state index in [1.807, 2.05) is 22.7 Å². The highest BCUT2D eigenvalue weighted by molar-refractivity contribution is 7.27. The van der Waals surface area contributed by atoms with Gasteiger partial charge in [-0.1, -0.05) is 129 Å². The van der Waals surface area contributed by atoms with Crippen molar-refractivity contribution in [2.24, 2.45) is 0 Å². The van der Waals surface area contributed by atoms with Crippen molar-refractivity contribution < 1.29 is 0 Å². The van der Waals surface area contributed by atoms with Gasteiger partial charge in [0.1, 0.15) is 0 Å². The van der Waals surface area contributed by atoms with E-state index in [1.54, 1.807) is 0 Å². The van der Waals surface area contributed by atoms with E-state index >= 15 is 0 Å². The molecular formula is C58H54BN2S2. The number of fused-ring (bicyclic) bond motifs is 13. The van der Waals surface area contributed by atoms with Crippen LogP contribution in [0.15, 0.2) is 115 Å². The van der Waals surface area contributed by atoms with E-state index in [0.29, 0.717) is 0 Å². The molecule has 0 saturated heterocycles. The van der Waals surface area contributed by atoms with Gasteiger partial charge in [0, 0.05) is 79.3 Å². The second-order valence-corrected chi connectivity index (χ2v) is 24.1. The van der Waals surface area contributed by atoms with E-state index in [-0.39, 0.29) is 21.7 Å². The zero-order chi connectivity index (χ0) is 43.5. The molecule has 0 spiro atoms. The Bertz CT molecular complexity index is 3580. The molecule has 0 bridgehead atoms. The molecule has 63 heavy (non-hydrogen) atoms. The lowest BCUT2D eigenvalue weighted by Crippen LogP contribution is -2.37. The Hall–Kier alpha value is -5.36. The Morgan fingerprint density at radius 1 is 0.587 bits per heavy atom. The smallest absolute Gasteiger partial charge is 0.198 e. The molecule has 12 rings (SSSR count). The molecule has 5 heteroatoms. The van der Waals surface area contributed by atoms with Gasteiger partial charge in [-0.25, -0.2) is 0 Å². The summed E-state index contributed by atoms with van der Waals surface area (Å²) in [7, 11) is 2.56. The fourth-order valence-electron chi connectivity index (χ4n) is 11.0. The predicted molar refractivity (Wildman–Crippen MR) is 279 cm³/mol. The molecule has 311 valence electrons. The molecule has 2 aliphatic rings. The summed E-state index contributed by atoms with van der Waals surface area (Å²) in [5, 5.41) is 12.2. The number of anilines is 2. The Morgan fingerprint density at radius 2 is 1.22 bits per heavy atom. The number of nitrogens with one attached hydrogen (secondary N) is 1. The number of benzene rings is 7. The number of hydrogen-bond acceptors (Lipinski definition) is 3. The molecule has 3 aromatic heterocycles. The maximum atomic E-state index is 4.09. The molecule has 4 heterocycles. The largest absolute Gasteiger partial charge is 0.355 e. The van der Waals surface area contributed by atoms with Crippen LogP contribution in [0.4, 0.5) is 11.4 Å². The highest BCUT2D eigenvalue weighted by atomic mass is 32.1. The molecule has 0 amide bonds. The van der Waals surface area contributed by atoms with Crippen molar-refractivity contribution in [3.8, 4) is 16.8 Å². The summed E-state index contributed by atoms with van der Waals surface area (Å²) >= 11 is 3.88. The van der Waals surface area contributed by atoms with Crippen molar-refractivity contribution in [1.82, 2.24) is 4.57 Å². The van der Waals surface area contributed by atoms with Crippen LogP contribution in [0.3, 0.4) is 0 Å². The third-order valence-corrected chi connectivity index (χ3v) is 17.1. The van der Waals surface area contributed by atoms with Crippen LogP contribution in [0.5, 0.6) is 0 Å². The number of nitrogens with zero attached hydrogens (tertiary/aromatic N) is 1. The van der Waals surface area contributed by atoms with E-state index < -0.39 is 0 Å². The Kier molecular flexibility index (Phi) is 8.17. The van der Waals surface area contributed by atoms with Crippen LogP contribution in [-0.4, -0.2) is 11.8 Å². The second-order valence-electron chi connectivity index (χ2n) is 21.9. The summed E-state index contributed by atoms with van der Waals surface area (Å²) in [6.45, 7) is 23.7. The Morgan fingerprint density at radius 3 is 1.92 bits per heavy atom. The van der Waals surface area contributed by atoms with Crippen LogP contribution in [0.1, 0.15) is 104 Å². The van der Waals surface area contributed by atoms with Crippen molar-refractivity contribution in [3.05, 3.63) is 138 Å². The first kappa shape index (κ1) is 39.3. The zero-order valence-corrected chi connectivity index (χ0v) is 39.9. The van der Waals surface area contributed by atoms with Crippen molar-refractivity contribution in [2.45, 2.75) is 104 Å². The van der Waals surface area contributed by atoms with Gasteiger partial charge in [0.05, 0.1) is 5.52 Å². The van der Waals surface area contributed by atoms with Crippen molar-refractivity contribution >= 4 is 114 Å². The SMILES string of the molecule is CC(C)(C)c1ccc(Nc2cc3c(cc2-c2c4c5c(c6cc(C(C)(C)C)ccc6n5-c5cc6c(cc5[B]4)sc4ccccc46)c4c2sc2ccccc24)C(C)(C)CCC3(C)C)cc1. The normalized spacial score (nSPS) is 15.7. The summed E-state index contributed by atoms with van der Waals surface area (Å²) in [5.41, 5.74) is 17.1. The minimum absolute atomic E-state index is 0.00253. The molecule has 1 N–H and O–H groups in total. The van der Waals surface area contributed by atoms with Gasteiger partial charge in [0.2, 0.25) is 0 Å². The molecule has 0 fully saturated rings. The van der Waals surface area contributed by atoms with Crippen molar-refractivity contribution in [2.75, 3.05) is 5.32 Å². The summed E-state index contributed by atoms with van der Waals surface area (Å²) in [6, 6.07) is 44.7. The van der Waals surface area contributed by atoms with Crippen LogP contribution < -0.4 is 16.2 Å². The van der Waals surface area contributed by atoms with E-state index in [1.165, 1.54) is 118 Å². The molecule has 0 unspecified atom stereocenters. The zero-order valence-electron chi connectivity index (χ0n) is 38.2. The summed E-state index contributed by atoms with van der Waals surface area (Å²) in [4.78, 5) is 0. The van der Waals surface area contributed by atoms with E-state index in [0.717, 1.165) is 18.5 Å². The molecule has 2 nitrogen and oxygen atoms in total. The van der Waals surface area contributed by atoms with Gasteiger partial charge in [-0.15, -0.1) is 22.7 Å². The van der Waals surface area contributed by atoms with Crippen LogP contribution in [0.25, 0.3) is 79.0 Å². The van der Waals surface area contributed by atoms with Crippen molar-refractivity contribution in [3.63, 3.8) is 0 Å². The quantitative estimate of drug-likeness (QED) is 0.175. The minimum Gasteiger partial charge on any atom is -0.355 e. The van der Waals surface area contributed by atoms with Crippen LogP contribution in [0.2, 0.25) is 0 Å². The number of aromatic nitrogens is 1. The third-order valence-electron chi connectivity index (χ3n) is 14.8. The first-order valence-electron chi connectivity index (χ1n) is 22.8. The first-order chi connectivity index (χ1) is 30.0. The number of rotatable bonds is 3. The van der Waals surface area contributed by atoms with Gasteiger partial charge >= 0.3 is 0 Å². The van der Waals surface area contributed by atoms with Gasteiger partial charge in [-0.2, -0.15) is 0 Å². The Balaban J connectivity index is 1.25. The maximum Gasteiger partial charge on any atom is 0.198 e. The molecule has 0 saturated carbocycles. The fraction of sp³-hybridized carbons (Fsp3) is 0.276. The summed E-state index contributed by atoms with van der Waals surface area (Å²) in [5.74, 6) is 0. The average molecular weight is 854 g/mol. The second kappa shape index (κ2) is 13.1. The van der Waals surface area contributed by atoms with Crippen LogP contribution >= 0.6 is 22.7 Å². The molecular weight excluding hydrogens is 800 g/mol. The minimum atomic E-state index is 0.00253. The molecule has 1 aliphatic carbocycles. The highest BCUT2D eigenvalue weighted by Gasteiger charge is 2.39. The highest BCUT2D eigenvalue weighted by Crippen LogP contribution is 2.53. The average Bonchev–Trinajstić information content (AvgIpc) is 3.91. The van der Waals surface area contributed by atoms with Gasteiger partial charge < -0.3 is 9.88 Å². The molecule has 7 aromatic carbocycles. The predicted octanol–water partition coefficient (Wildman–Crippen LogP) is 15.8. The molecule has 0 atom stereocenters. The lowest BCUT2D eigenvalue weighted by Gasteiger charge is -2.42. The maximum absolute atomic E-state index is 4.09. The third kappa shape index (κ3) is 5.81. The monoisotopic (exact) mass is 853 g/mol. The standard InChI is InChI=1S/C58H54BN2S2/c1-55(2,3)32-19-22-34(23-20-32)60-43-30-41-40(57(7,8)25-26-58(41,9)10)28-38(43)51-52-53-49(50-36-16-12-14-18-47(36)63-54(50)51)39-27-33(56(4,5)6)21-24-44(39)61(53)45-29-37-35-15-11-13-17-46(35)62-48(37)31-42(45)59-52/h11-24,27-31,60H,25-26H2,1-10H3. The molecule has 10 aromatic rings. The van der Waals surface area contributed by atoms with Crippen LogP contribution in [0, 0.1) is 0 Å². The first-order valence-corrected chi connectivity index (χ1v) is 24.4. The fourth-order valence-corrected chi connectivity index (χ4v) is 13.4. The van der Waals surface area contributed by atoms with Gasteiger partial charge in [0.25, 0.3) is 0 Å². The number of hydrogen-bond donors (Lipinski definition) is 1. The molecule has 1 radical (unpaired) electrons. The van der Waals surface area contributed by atoms with Crippen molar-refractivity contribution in [1.29, 1.82) is 0 Å². The van der Waals surface area contributed by atoms with Gasteiger partial charge in [0.15, 0.2) is 7.28 Å². The summed E-state index contributed by atoms with van der Waals surface area (Å²) < 4.78 is 8.01. The molecule has 1 aliphatic heterocycles. The lowest BCUT2D eigenvalue weighted by molar-refractivity contribution is 0.332. The van der Waals surface area contributed by atoms with E-state index in [2.05, 4.69) is 202 Å². The van der Waals surface area contributed by atoms with Gasteiger partial charge in [-0.05, 0) is 128 Å². The van der Waals surface area contributed by atoms with Gasteiger partial charge in [-0.3, -0.25) is 0 Å². The summed E-state index contributed by atoms with van der Waals surface area (Å²) in [6.07, 6.45) is 2.32. The van der Waals surface area contributed by atoms with E-state index in [9.17, 15) is 0 Å². The Labute approximate surface area is 380 Å². The lowest BCUT2D eigenvalue weighted by atomic mass is 9.58. The number of thiophene rings is 2.